The average molecular weight is 394 g/mol. The summed E-state index contributed by atoms with van der Waals surface area (Å²) in [5.41, 5.74) is 6.88. The first-order chi connectivity index (χ1) is 13.6. The van der Waals surface area contributed by atoms with Crippen molar-refractivity contribution >= 4 is 23.9 Å². The number of hydrazone groups is 1. The van der Waals surface area contributed by atoms with Crippen LogP contribution in [0.4, 0.5) is 0 Å². The Hall–Kier alpha value is -2.93. The van der Waals surface area contributed by atoms with Gasteiger partial charge in [-0.2, -0.15) is 5.10 Å². The molecule has 1 amide bonds. The lowest BCUT2D eigenvalue weighted by Crippen LogP contribution is -2.20. The zero-order chi connectivity index (χ0) is 19.9. The largest absolute Gasteiger partial charge is 0.302 e. The molecule has 0 saturated heterocycles. The van der Waals surface area contributed by atoms with E-state index in [0.29, 0.717) is 0 Å². The van der Waals surface area contributed by atoms with E-state index in [1.165, 1.54) is 22.9 Å². The molecule has 6 nitrogen and oxygen atoms in total. The molecule has 0 atom stereocenters. The van der Waals surface area contributed by atoms with Crippen LogP contribution in [0.1, 0.15) is 23.6 Å². The molecule has 1 heterocycles. The highest BCUT2D eigenvalue weighted by atomic mass is 32.2. The highest BCUT2D eigenvalue weighted by Crippen LogP contribution is 2.24. The van der Waals surface area contributed by atoms with Gasteiger partial charge in [0.15, 0.2) is 11.0 Å². The number of hydrogen-bond donors (Lipinski definition) is 1. The number of hydrogen-bond acceptors (Lipinski definition) is 5. The molecule has 0 saturated carbocycles. The number of rotatable bonds is 7. The summed E-state index contributed by atoms with van der Waals surface area (Å²) in [5, 5.41) is 13.3. The fourth-order valence-electron chi connectivity index (χ4n) is 2.59. The second-order valence-corrected chi connectivity index (χ2v) is 7.35. The molecule has 7 heteroatoms. The van der Waals surface area contributed by atoms with Crippen LogP contribution < -0.4 is 5.43 Å². The monoisotopic (exact) mass is 393 g/mol. The van der Waals surface area contributed by atoms with Crippen molar-refractivity contribution in [1.82, 2.24) is 20.2 Å². The van der Waals surface area contributed by atoms with Gasteiger partial charge in [-0.25, -0.2) is 5.43 Å². The summed E-state index contributed by atoms with van der Waals surface area (Å²) < 4.78 is 2.01. The maximum absolute atomic E-state index is 12.1. The van der Waals surface area contributed by atoms with Crippen molar-refractivity contribution in [2.24, 2.45) is 5.10 Å². The fourth-order valence-corrected chi connectivity index (χ4v) is 3.39. The predicted molar refractivity (Wildman–Crippen MR) is 114 cm³/mol. The van der Waals surface area contributed by atoms with Gasteiger partial charge in [0, 0.05) is 12.1 Å². The summed E-state index contributed by atoms with van der Waals surface area (Å²) in [6.07, 6.45) is 1.63. The molecule has 0 aliphatic rings. The number of carbonyl (C=O) groups is 1. The van der Waals surface area contributed by atoms with E-state index in [1.807, 2.05) is 54.8 Å². The molecular formula is C21H23N5OS. The van der Waals surface area contributed by atoms with Crippen molar-refractivity contribution in [2.75, 3.05) is 5.75 Å². The molecule has 144 valence electrons. The van der Waals surface area contributed by atoms with E-state index >= 15 is 0 Å². The van der Waals surface area contributed by atoms with Crippen molar-refractivity contribution < 1.29 is 4.79 Å². The minimum atomic E-state index is -0.184. The third-order valence-corrected chi connectivity index (χ3v) is 5.12. The Kier molecular flexibility index (Phi) is 6.60. The van der Waals surface area contributed by atoms with Gasteiger partial charge in [0.25, 0.3) is 5.91 Å². The molecule has 0 aliphatic carbocycles. The Morgan fingerprint density at radius 2 is 1.71 bits per heavy atom. The Morgan fingerprint density at radius 1 is 1.07 bits per heavy atom. The van der Waals surface area contributed by atoms with Gasteiger partial charge >= 0.3 is 0 Å². The lowest BCUT2D eigenvalue weighted by Gasteiger charge is -2.07. The van der Waals surface area contributed by atoms with E-state index < -0.39 is 0 Å². The second-order valence-electron chi connectivity index (χ2n) is 6.41. The van der Waals surface area contributed by atoms with Gasteiger partial charge in [-0.3, -0.25) is 4.79 Å². The molecule has 2 aromatic carbocycles. The number of thioether (sulfide) groups is 1. The standard InChI is InChI=1S/C21H23N5OS/c1-4-26-20(18-11-7-16(3)8-12-18)24-25-21(26)28-14-19(27)23-22-13-17-9-5-15(2)6-10-17/h5-13H,4,14H2,1-3H3,(H,23,27)/b22-13-. The van der Waals surface area contributed by atoms with Crippen LogP contribution in [-0.4, -0.2) is 32.6 Å². The summed E-state index contributed by atoms with van der Waals surface area (Å²) in [6.45, 7) is 6.84. The average Bonchev–Trinajstić information content (AvgIpc) is 3.11. The van der Waals surface area contributed by atoms with Crippen molar-refractivity contribution in [3.05, 3.63) is 65.2 Å². The van der Waals surface area contributed by atoms with Crippen molar-refractivity contribution in [2.45, 2.75) is 32.5 Å². The van der Waals surface area contributed by atoms with Gasteiger partial charge in [-0.05, 0) is 26.3 Å². The van der Waals surface area contributed by atoms with Gasteiger partial charge in [0.1, 0.15) is 0 Å². The van der Waals surface area contributed by atoms with E-state index in [9.17, 15) is 4.79 Å². The zero-order valence-electron chi connectivity index (χ0n) is 16.2. The third-order valence-electron chi connectivity index (χ3n) is 4.16. The molecule has 0 aliphatic heterocycles. The minimum absolute atomic E-state index is 0.184. The van der Waals surface area contributed by atoms with E-state index in [-0.39, 0.29) is 11.7 Å². The van der Waals surface area contributed by atoms with Gasteiger partial charge in [0.05, 0.1) is 12.0 Å². The van der Waals surface area contributed by atoms with Crippen molar-refractivity contribution in [1.29, 1.82) is 0 Å². The van der Waals surface area contributed by atoms with E-state index in [2.05, 4.69) is 39.8 Å². The Bertz CT molecular complexity index is 961. The van der Waals surface area contributed by atoms with Crippen LogP contribution in [0.15, 0.2) is 58.8 Å². The molecule has 1 aromatic heterocycles. The predicted octanol–water partition coefficient (Wildman–Crippen LogP) is 3.82. The molecule has 0 radical (unpaired) electrons. The summed E-state index contributed by atoms with van der Waals surface area (Å²) in [4.78, 5) is 12.1. The summed E-state index contributed by atoms with van der Waals surface area (Å²) in [5.74, 6) is 0.843. The summed E-state index contributed by atoms with van der Waals surface area (Å²) >= 11 is 1.35. The van der Waals surface area contributed by atoms with Crippen LogP contribution in [-0.2, 0) is 11.3 Å². The minimum Gasteiger partial charge on any atom is -0.302 e. The molecule has 0 spiro atoms. The van der Waals surface area contributed by atoms with E-state index in [1.54, 1.807) is 6.21 Å². The SMILES string of the molecule is CCn1c(SCC(=O)N/N=C\c2ccc(C)cc2)nnc1-c1ccc(C)cc1. The first kappa shape index (κ1) is 19.8. The molecule has 1 N–H and O–H groups in total. The number of nitrogens with zero attached hydrogens (tertiary/aromatic N) is 4. The van der Waals surface area contributed by atoms with Gasteiger partial charge in [0.2, 0.25) is 0 Å². The summed E-state index contributed by atoms with van der Waals surface area (Å²) in [7, 11) is 0. The van der Waals surface area contributed by atoms with Crippen LogP contribution >= 0.6 is 11.8 Å². The Balaban J connectivity index is 1.58. The third kappa shape index (κ3) is 5.07. The number of aryl methyl sites for hydroxylation is 2. The number of carbonyl (C=O) groups excluding carboxylic acids is 1. The topological polar surface area (TPSA) is 72.2 Å². The molecule has 0 unspecified atom stereocenters. The number of aromatic nitrogens is 3. The van der Waals surface area contributed by atoms with Crippen LogP contribution in [0.25, 0.3) is 11.4 Å². The Labute approximate surface area is 169 Å². The normalized spacial score (nSPS) is 11.1. The van der Waals surface area contributed by atoms with Crippen molar-refractivity contribution in [3.8, 4) is 11.4 Å². The quantitative estimate of drug-likeness (QED) is 0.376. The maximum atomic E-state index is 12.1. The van der Waals surface area contributed by atoms with Crippen LogP contribution in [0, 0.1) is 13.8 Å². The highest BCUT2D eigenvalue weighted by Gasteiger charge is 2.14. The van der Waals surface area contributed by atoms with Crippen LogP contribution in [0.2, 0.25) is 0 Å². The lowest BCUT2D eigenvalue weighted by atomic mass is 10.1. The number of nitrogens with one attached hydrogen (secondary N) is 1. The maximum Gasteiger partial charge on any atom is 0.250 e. The molecular weight excluding hydrogens is 370 g/mol. The second kappa shape index (κ2) is 9.32. The first-order valence-corrected chi connectivity index (χ1v) is 10.1. The van der Waals surface area contributed by atoms with Crippen LogP contribution in [0.3, 0.4) is 0 Å². The number of benzene rings is 2. The molecule has 28 heavy (non-hydrogen) atoms. The lowest BCUT2D eigenvalue weighted by molar-refractivity contribution is -0.118. The number of amides is 1. The molecule has 0 fully saturated rings. The smallest absolute Gasteiger partial charge is 0.250 e. The van der Waals surface area contributed by atoms with Gasteiger partial charge in [-0.15, -0.1) is 10.2 Å². The molecule has 0 bridgehead atoms. The fraction of sp³-hybridized carbons (Fsp3) is 0.238. The van der Waals surface area contributed by atoms with E-state index in [4.69, 9.17) is 0 Å². The highest BCUT2D eigenvalue weighted by molar-refractivity contribution is 7.99. The molecule has 3 aromatic rings. The van der Waals surface area contributed by atoms with E-state index in [0.717, 1.165) is 28.7 Å². The van der Waals surface area contributed by atoms with Gasteiger partial charge in [-0.1, -0.05) is 71.4 Å². The van der Waals surface area contributed by atoms with Gasteiger partial charge < -0.3 is 4.57 Å². The van der Waals surface area contributed by atoms with Crippen molar-refractivity contribution in [3.63, 3.8) is 0 Å². The first-order valence-electron chi connectivity index (χ1n) is 9.08. The Morgan fingerprint density at radius 3 is 2.36 bits per heavy atom. The molecule has 3 rings (SSSR count). The van der Waals surface area contributed by atoms with Crippen LogP contribution in [0.5, 0.6) is 0 Å². The zero-order valence-corrected chi connectivity index (χ0v) is 17.0. The summed E-state index contributed by atoms with van der Waals surface area (Å²) in [6, 6.07) is 16.1.